The maximum absolute atomic E-state index is 13.1. The number of nitrogens with one attached hydrogen (secondary N) is 1. The van der Waals surface area contributed by atoms with Gasteiger partial charge in [0.25, 0.3) is 5.91 Å². The highest BCUT2D eigenvalue weighted by atomic mass is 35.5. The lowest BCUT2D eigenvalue weighted by Crippen LogP contribution is -2.40. The molecule has 138 valence electrons. The van der Waals surface area contributed by atoms with Gasteiger partial charge in [-0.3, -0.25) is 9.78 Å². The van der Waals surface area contributed by atoms with Crippen molar-refractivity contribution in [1.82, 2.24) is 15.3 Å². The van der Waals surface area contributed by atoms with E-state index in [0.717, 1.165) is 30.5 Å². The average molecular weight is 382 g/mol. The largest absolute Gasteiger partial charge is 0.376 e. The third-order valence-corrected chi connectivity index (χ3v) is 5.06. The Hall–Kier alpha value is -2.50. The number of fused-ring (bicyclic) bond motifs is 1. The molecular formula is C21H20ClN3O2. The molecule has 0 aliphatic carbocycles. The Kier molecular flexibility index (Phi) is 5.05. The second-order valence-corrected chi connectivity index (χ2v) is 7.18. The standard InChI is InChI=1S/C21H20ClN3O2/c1-13(20-6-4-10-27-20)24-21(26)16-12-19(18-5-2-3-9-23-18)25-17-8-7-14(22)11-15(16)17/h2-3,5,7-9,11-13,20H,4,6,10H2,1H3,(H,24,26)/t13-,20+/m0/s1. The molecule has 0 spiro atoms. The van der Waals surface area contributed by atoms with Gasteiger partial charge in [0.15, 0.2) is 0 Å². The van der Waals surface area contributed by atoms with E-state index in [0.29, 0.717) is 21.8 Å². The van der Waals surface area contributed by atoms with Gasteiger partial charge in [-0.15, -0.1) is 0 Å². The van der Waals surface area contributed by atoms with Gasteiger partial charge < -0.3 is 10.1 Å². The van der Waals surface area contributed by atoms with E-state index in [4.69, 9.17) is 16.3 Å². The van der Waals surface area contributed by atoms with Crippen LogP contribution < -0.4 is 5.32 Å². The predicted molar refractivity (Wildman–Crippen MR) is 106 cm³/mol. The van der Waals surface area contributed by atoms with Gasteiger partial charge in [0.2, 0.25) is 0 Å². The molecule has 0 bridgehead atoms. The van der Waals surface area contributed by atoms with Crippen LogP contribution in [0.25, 0.3) is 22.3 Å². The van der Waals surface area contributed by atoms with E-state index in [2.05, 4.69) is 15.3 Å². The number of nitrogens with zero attached hydrogens (tertiary/aromatic N) is 2. The van der Waals surface area contributed by atoms with Crippen LogP contribution in [0.1, 0.15) is 30.1 Å². The smallest absolute Gasteiger partial charge is 0.252 e. The number of halogens is 1. The van der Waals surface area contributed by atoms with Crippen molar-refractivity contribution < 1.29 is 9.53 Å². The first-order valence-corrected chi connectivity index (χ1v) is 9.44. The van der Waals surface area contributed by atoms with Crippen molar-refractivity contribution in [3.05, 3.63) is 59.2 Å². The minimum Gasteiger partial charge on any atom is -0.376 e. The van der Waals surface area contributed by atoms with Gasteiger partial charge in [0.1, 0.15) is 0 Å². The summed E-state index contributed by atoms with van der Waals surface area (Å²) in [5, 5.41) is 4.36. The average Bonchev–Trinajstić information content (AvgIpc) is 3.23. The topological polar surface area (TPSA) is 64.1 Å². The van der Waals surface area contributed by atoms with Gasteiger partial charge in [-0.05, 0) is 56.2 Å². The van der Waals surface area contributed by atoms with Crippen LogP contribution in [0.5, 0.6) is 0 Å². The van der Waals surface area contributed by atoms with Crippen molar-refractivity contribution in [3.8, 4) is 11.4 Å². The van der Waals surface area contributed by atoms with Gasteiger partial charge in [0, 0.05) is 23.2 Å². The van der Waals surface area contributed by atoms with Crippen LogP contribution >= 0.6 is 11.6 Å². The maximum Gasteiger partial charge on any atom is 0.252 e. The van der Waals surface area contributed by atoms with Gasteiger partial charge in [-0.25, -0.2) is 4.98 Å². The molecule has 6 heteroatoms. The molecular weight excluding hydrogens is 362 g/mol. The summed E-state index contributed by atoms with van der Waals surface area (Å²) >= 11 is 6.17. The van der Waals surface area contributed by atoms with E-state index < -0.39 is 0 Å². The van der Waals surface area contributed by atoms with Crippen molar-refractivity contribution in [2.45, 2.75) is 31.9 Å². The molecule has 1 fully saturated rings. The van der Waals surface area contributed by atoms with E-state index >= 15 is 0 Å². The molecule has 1 aliphatic heterocycles. The molecule has 27 heavy (non-hydrogen) atoms. The monoisotopic (exact) mass is 381 g/mol. The van der Waals surface area contributed by atoms with Crippen LogP contribution in [0.15, 0.2) is 48.7 Å². The van der Waals surface area contributed by atoms with Crippen LogP contribution in [0.4, 0.5) is 0 Å². The molecule has 2 aromatic heterocycles. The molecule has 1 amide bonds. The zero-order valence-electron chi connectivity index (χ0n) is 15.0. The fourth-order valence-electron chi connectivity index (χ4n) is 3.41. The van der Waals surface area contributed by atoms with E-state index in [9.17, 15) is 4.79 Å². The Labute approximate surface area is 162 Å². The van der Waals surface area contributed by atoms with Crippen molar-refractivity contribution in [1.29, 1.82) is 0 Å². The van der Waals surface area contributed by atoms with Crippen LogP contribution in [0.2, 0.25) is 5.02 Å². The number of hydrogen-bond donors (Lipinski definition) is 1. The van der Waals surface area contributed by atoms with Crippen LogP contribution in [0.3, 0.4) is 0 Å². The molecule has 5 nitrogen and oxygen atoms in total. The van der Waals surface area contributed by atoms with Gasteiger partial charge in [0.05, 0.1) is 34.6 Å². The summed E-state index contributed by atoms with van der Waals surface area (Å²) in [6.45, 7) is 2.73. The Balaban J connectivity index is 1.75. The summed E-state index contributed by atoms with van der Waals surface area (Å²) in [4.78, 5) is 22.1. The predicted octanol–water partition coefficient (Wildman–Crippen LogP) is 4.25. The number of amides is 1. The van der Waals surface area contributed by atoms with E-state index in [1.165, 1.54) is 0 Å². The third-order valence-electron chi connectivity index (χ3n) is 4.82. The summed E-state index contributed by atoms with van der Waals surface area (Å²) in [6.07, 6.45) is 3.76. The molecule has 0 saturated carbocycles. The Bertz CT molecular complexity index is 972. The fourth-order valence-corrected chi connectivity index (χ4v) is 3.58. The first-order valence-electron chi connectivity index (χ1n) is 9.06. The number of ether oxygens (including phenoxy) is 1. The lowest BCUT2D eigenvalue weighted by atomic mass is 10.0. The molecule has 0 radical (unpaired) electrons. The van der Waals surface area contributed by atoms with Crippen LogP contribution in [-0.4, -0.2) is 34.6 Å². The highest BCUT2D eigenvalue weighted by molar-refractivity contribution is 6.31. The number of benzene rings is 1. The minimum absolute atomic E-state index is 0.0564. The second-order valence-electron chi connectivity index (χ2n) is 6.75. The zero-order valence-corrected chi connectivity index (χ0v) is 15.7. The second kappa shape index (κ2) is 7.62. The van der Waals surface area contributed by atoms with E-state index in [1.54, 1.807) is 24.4 Å². The van der Waals surface area contributed by atoms with Gasteiger partial charge in [-0.1, -0.05) is 17.7 Å². The highest BCUT2D eigenvalue weighted by Gasteiger charge is 2.25. The maximum atomic E-state index is 13.1. The fraction of sp³-hybridized carbons (Fsp3) is 0.286. The highest BCUT2D eigenvalue weighted by Crippen LogP contribution is 2.26. The number of carbonyl (C=O) groups is 1. The molecule has 4 rings (SSSR count). The summed E-state index contributed by atoms with van der Waals surface area (Å²) in [5.74, 6) is -0.162. The summed E-state index contributed by atoms with van der Waals surface area (Å²) in [6, 6.07) is 12.7. The molecule has 0 unspecified atom stereocenters. The van der Waals surface area contributed by atoms with Crippen LogP contribution in [-0.2, 0) is 4.74 Å². The number of hydrogen-bond acceptors (Lipinski definition) is 4. The zero-order chi connectivity index (χ0) is 18.8. The van der Waals surface area contributed by atoms with Gasteiger partial charge in [-0.2, -0.15) is 0 Å². The van der Waals surface area contributed by atoms with Crippen molar-refractivity contribution in [2.24, 2.45) is 0 Å². The number of rotatable bonds is 4. The Morgan fingerprint density at radius 1 is 1.26 bits per heavy atom. The van der Waals surface area contributed by atoms with Crippen molar-refractivity contribution in [2.75, 3.05) is 6.61 Å². The van der Waals surface area contributed by atoms with E-state index in [1.807, 2.05) is 31.2 Å². The molecule has 1 aliphatic rings. The third kappa shape index (κ3) is 3.80. The molecule has 3 heterocycles. The first kappa shape index (κ1) is 17.9. The molecule has 1 saturated heterocycles. The van der Waals surface area contributed by atoms with Crippen molar-refractivity contribution >= 4 is 28.4 Å². The van der Waals surface area contributed by atoms with Crippen molar-refractivity contribution in [3.63, 3.8) is 0 Å². The quantitative estimate of drug-likeness (QED) is 0.733. The number of carbonyl (C=O) groups excluding carboxylic acids is 1. The first-order chi connectivity index (χ1) is 13.1. The minimum atomic E-state index is -0.162. The lowest BCUT2D eigenvalue weighted by molar-refractivity contribution is 0.0713. The Morgan fingerprint density at radius 2 is 2.15 bits per heavy atom. The normalized spacial score (nSPS) is 17.8. The van der Waals surface area contributed by atoms with Crippen LogP contribution in [0, 0.1) is 0 Å². The number of pyridine rings is 2. The SMILES string of the molecule is C[C@H](NC(=O)c1cc(-c2ccccn2)nc2ccc(Cl)cc12)[C@H]1CCCO1. The Morgan fingerprint density at radius 3 is 2.89 bits per heavy atom. The summed E-state index contributed by atoms with van der Waals surface area (Å²) in [5.41, 5.74) is 2.61. The molecule has 1 aromatic carbocycles. The molecule has 3 aromatic rings. The number of aromatic nitrogens is 2. The lowest BCUT2D eigenvalue weighted by Gasteiger charge is -2.20. The summed E-state index contributed by atoms with van der Waals surface area (Å²) < 4.78 is 5.69. The summed E-state index contributed by atoms with van der Waals surface area (Å²) in [7, 11) is 0. The molecule has 2 atom stereocenters. The van der Waals surface area contributed by atoms with Gasteiger partial charge >= 0.3 is 0 Å². The van der Waals surface area contributed by atoms with E-state index in [-0.39, 0.29) is 18.1 Å². The molecule has 1 N–H and O–H groups in total.